The Morgan fingerprint density at radius 2 is 1.50 bits per heavy atom. The molecule has 0 aliphatic rings. The van der Waals surface area contributed by atoms with Crippen molar-refractivity contribution in [3.63, 3.8) is 0 Å². The van der Waals surface area contributed by atoms with Crippen molar-refractivity contribution in [1.82, 2.24) is 0 Å². The summed E-state index contributed by atoms with van der Waals surface area (Å²) in [6, 6.07) is 19.0. The number of benzene rings is 3. The Morgan fingerprint density at radius 3 is 2.11 bits per heavy atom. The Hall–Kier alpha value is -3.52. The quantitative estimate of drug-likeness (QED) is 0.383. The van der Waals surface area contributed by atoms with E-state index in [-0.39, 0.29) is 15.5 Å². The zero-order chi connectivity index (χ0) is 20.1. The maximum atomic E-state index is 12.6. The van der Waals surface area contributed by atoms with Gasteiger partial charge in [-0.25, -0.2) is 8.42 Å². The smallest absolute Gasteiger partial charge is 0.278 e. The lowest BCUT2D eigenvalue weighted by atomic mass is 10.2. The van der Waals surface area contributed by atoms with Gasteiger partial charge in [0.15, 0.2) is 0 Å². The molecule has 0 fully saturated rings. The summed E-state index contributed by atoms with van der Waals surface area (Å²) >= 11 is 0. The molecule has 0 spiro atoms. The van der Waals surface area contributed by atoms with Crippen molar-refractivity contribution >= 4 is 27.4 Å². The summed E-state index contributed by atoms with van der Waals surface area (Å²) in [6.45, 7) is 1.89. The molecule has 0 bridgehead atoms. The number of hydrazone groups is 1. The lowest BCUT2D eigenvalue weighted by Gasteiger charge is -2.06. The predicted octanol–water partition coefficient (Wildman–Crippen LogP) is 4.18. The summed E-state index contributed by atoms with van der Waals surface area (Å²) < 4.78 is 25.3. The second kappa shape index (κ2) is 8.01. The molecule has 3 aromatic carbocycles. The number of nitro groups is 1. The molecule has 0 saturated heterocycles. The predicted molar refractivity (Wildman–Crippen MR) is 107 cm³/mol. The third kappa shape index (κ3) is 4.24. The van der Waals surface area contributed by atoms with Gasteiger partial charge in [0, 0.05) is 6.07 Å². The summed E-state index contributed by atoms with van der Waals surface area (Å²) in [5, 5.41) is 15.0. The number of rotatable bonds is 6. The lowest BCUT2D eigenvalue weighted by Crippen LogP contribution is -2.02. The van der Waals surface area contributed by atoms with E-state index >= 15 is 0 Å². The highest BCUT2D eigenvalue weighted by molar-refractivity contribution is 7.91. The van der Waals surface area contributed by atoms with Gasteiger partial charge in [0.05, 0.1) is 32.2 Å². The molecule has 0 saturated carbocycles. The number of hydrogen-bond donors (Lipinski definition) is 1. The van der Waals surface area contributed by atoms with Crippen LogP contribution in [-0.4, -0.2) is 19.6 Å². The first-order valence-electron chi connectivity index (χ1n) is 8.32. The summed E-state index contributed by atoms with van der Waals surface area (Å²) in [6.07, 6.45) is 1.34. The molecule has 3 rings (SSSR count). The minimum Gasteiger partial charge on any atom is -0.278 e. The molecular weight excluding hydrogens is 378 g/mol. The lowest BCUT2D eigenvalue weighted by molar-refractivity contribution is -0.385. The second-order valence-corrected chi connectivity index (χ2v) is 7.98. The number of nitrogens with zero attached hydrogens (tertiary/aromatic N) is 2. The average molecular weight is 395 g/mol. The minimum atomic E-state index is -3.59. The van der Waals surface area contributed by atoms with E-state index in [1.165, 1.54) is 24.4 Å². The van der Waals surface area contributed by atoms with Gasteiger partial charge in [0.1, 0.15) is 0 Å². The van der Waals surface area contributed by atoms with E-state index in [1.807, 2.05) is 6.92 Å². The molecule has 0 aliphatic heterocycles. The van der Waals surface area contributed by atoms with Crippen LogP contribution in [0.1, 0.15) is 11.1 Å². The fraction of sp³-hybridized carbons (Fsp3) is 0.0500. The Kier molecular flexibility index (Phi) is 5.51. The van der Waals surface area contributed by atoms with Crippen LogP contribution >= 0.6 is 0 Å². The number of nitro benzene ring substituents is 1. The van der Waals surface area contributed by atoms with Crippen molar-refractivity contribution in [3.8, 4) is 0 Å². The second-order valence-electron chi connectivity index (χ2n) is 6.03. The number of sulfone groups is 1. The molecule has 0 aliphatic carbocycles. The van der Waals surface area contributed by atoms with E-state index in [1.54, 1.807) is 54.6 Å². The third-order valence-electron chi connectivity index (χ3n) is 4.03. The van der Waals surface area contributed by atoms with Gasteiger partial charge in [-0.1, -0.05) is 29.8 Å². The van der Waals surface area contributed by atoms with Crippen LogP contribution in [0.15, 0.2) is 87.7 Å². The summed E-state index contributed by atoms with van der Waals surface area (Å²) in [5.41, 5.74) is 4.58. The number of nitrogens with one attached hydrogen (secondary N) is 1. The molecule has 3 aromatic rings. The highest BCUT2D eigenvalue weighted by Crippen LogP contribution is 2.23. The third-order valence-corrected chi connectivity index (χ3v) is 5.81. The maximum Gasteiger partial charge on any atom is 0.278 e. The highest BCUT2D eigenvalue weighted by Gasteiger charge is 2.17. The zero-order valence-corrected chi connectivity index (χ0v) is 15.8. The van der Waals surface area contributed by atoms with E-state index in [4.69, 9.17) is 0 Å². The topological polar surface area (TPSA) is 102 Å². The minimum absolute atomic E-state index is 0.0485. The number of para-hydroxylation sites is 1. The summed E-state index contributed by atoms with van der Waals surface area (Å²) in [4.78, 5) is 10.9. The molecule has 0 unspecified atom stereocenters. The van der Waals surface area contributed by atoms with Crippen molar-refractivity contribution in [2.45, 2.75) is 16.7 Å². The highest BCUT2D eigenvalue weighted by atomic mass is 32.2. The van der Waals surface area contributed by atoms with Gasteiger partial charge in [0.2, 0.25) is 9.84 Å². The van der Waals surface area contributed by atoms with Crippen LogP contribution in [0.4, 0.5) is 11.4 Å². The van der Waals surface area contributed by atoms with Crippen LogP contribution < -0.4 is 5.43 Å². The van der Waals surface area contributed by atoms with E-state index in [9.17, 15) is 18.5 Å². The van der Waals surface area contributed by atoms with Crippen molar-refractivity contribution in [1.29, 1.82) is 0 Å². The Labute approximate surface area is 162 Å². The van der Waals surface area contributed by atoms with Gasteiger partial charge in [-0.15, -0.1) is 0 Å². The van der Waals surface area contributed by atoms with Gasteiger partial charge in [-0.2, -0.15) is 5.10 Å². The molecule has 28 heavy (non-hydrogen) atoms. The van der Waals surface area contributed by atoms with Crippen molar-refractivity contribution in [2.24, 2.45) is 5.10 Å². The van der Waals surface area contributed by atoms with Gasteiger partial charge < -0.3 is 0 Å². The molecular formula is C20H17N3O4S. The van der Waals surface area contributed by atoms with E-state index in [2.05, 4.69) is 10.5 Å². The first-order chi connectivity index (χ1) is 13.4. The molecule has 0 radical (unpaired) electrons. The SMILES string of the molecule is Cc1ccc(S(=O)(=O)c2ccc(N/N=C\c3ccccc3[N+](=O)[O-])cc2)cc1. The zero-order valence-electron chi connectivity index (χ0n) is 14.9. The van der Waals surface area contributed by atoms with Crippen LogP contribution in [0.5, 0.6) is 0 Å². The maximum absolute atomic E-state index is 12.6. The van der Waals surface area contributed by atoms with Crippen molar-refractivity contribution < 1.29 is 13.3 Å². The van der Waals surface area contributed by atoms with Crippen LogP contribution in [-0.2, 0) is 9.84 Å². The molecule has 0 amide bonds. The number of anilines is 1. The number of hydrogen-bond acceptors (Lipinski definition) is 6. The fourth-order valence-corrected chi connectivity index (χ4v) is 3.76. The van der Waals surface area contributed by atoms with Gasteiger partial charge >= 0.3 is 0 Å². The average Bonchev–Trinajstić information content (AvgIpc) is 2.69. The van der Waals surface area contributed by atoms with Crippen LogP contribution in [0, 0.1) is 17.0 Å². The first-order valence-corrected chi connectivity index (χ1v) is 9.80. The van der Waals surface area contributed by atoms with Gasteiger partial charge in [-0.05, 0) is 49.4 Å². The van der Waals surface area contributed by atoms with Gasteiger partial charge in [0.25, 0.3) is 5.69 Å². The normalized spacial score (nSPS) is 11.5. The fourth-order valence-electron chi connectivity index (χ4n) is 2.50. The number of aryl methyl sites for hydroxylation is 1. The summed E-state index contributed by atoms with van der Waals surface area (Å²) in [7, 11) is -3.59. The van der Waals surface area contributed by atoms with E-state index in [0.29, 0.717) is 11.3 Å². The van der Waals surface area contributed by atoms with Crippen LogP contribution in [0.25, 0.3) is 0 Å². The Morgan fingerprint density at radius 1 is 0.929 bits per heavy atom. The van der Waals surface area contributed by atoms with Crippen molar-refractivity contribution in [3.05, 3.63) is 94.0 Å². The summed E-state index contributed by atoms with van der Waals surface area (Å²) in [5.74, 6) is 0. The van der Waals surface area contributed by atoms with E-state index in [0.717, 1.165) is 5.56 Å². The first kappa shape index (κ1) is 19.2. The molecule has 7 nitrogen and oxygen atoms in total. The molecule has 0 aromatic heterocycles. The monoisotopic (exact) mass is 395 g/mol. The van der Waals surface area contributed by atoms with Crippen molar-refractivity contribution in [2.75, 3.05) is 5.43 Å². The molecule has 0 heterocycles. The molecule has 142 valence electrons. The molecule has 0 atom stereocenters. The largest absolute Gasteiger partial charge is 0.278 e. The molecule has 1 N–H and O–H groups in total. The Bertz CT molecular complexity index is 1120. The van der Waals surface area contributed by atoms with E-state index < -0.39 is 14.8 Å². The standard InChI is InChI=1S/C20H17N3O4S/c1-15-6-10-18(11-7-15)28(26,27)19-12-8-17(9-13-19)22-21-14-16-4-2-3-5-20(16)23(24)25/h2-14,22H,1H3/b21-14-. The van der Waals surface area contributed by atoms with Crippen LogP contribution in [0.3, 0.4) is 0 Å². The van der Waals surface area contributed by atoms with Crippen LogP contribution in [0.2, 0.25) is 0 Å². The van der Waals surface area contributed by atoms with Gasteiger partial charge in [-0.3, -0.25) is 15.5 Å². The molecule has 8 heteroatoms. The Balaban J connectivity index is 1.75.